The van der Waals surface area contributed by atoms with Crippen LogP contribution in [0.1, 0.15) is 47.7 Å². The zero-order chi connectivity index (χ0) is 13.6. The van der Waals surface area contributed by atoms with Gasteiger partial charge in [-0.2, -0.15) is 0 Å². The number of allylic oxidation sites excluding steroid dienone is 1. The van der Waals surface area contributed by atoms with Crippen molar-refractivity contribution in [2.75, 3.05) is 14.2 Å². The lowest BCUT2D eigenvalue weighted by molar-refractivity contribution is -0.0764. The lowest BCUT2D eigenvalue weighted by atomic mass is 10.0. The molecule has 102 valence electrons. The molecule has 0 spiro atoms. The smallest absolute Gasteiger partial charge is 0.274 e. The van der Waals surface area contributed by atoms with Crippen LogP contribution in [0.4, 0.5) is 0 Å². The van der Waals surface area contributed by atoms with Gasteiger partial charge in [0.15, 0.2) is 0 Å². The Hall–Kier alpha value is -1.69. The lowest BCUT2D eigenvalue weighted by Crippen LogP contribution is -2.27. The summed E-state index contributed by atoms with van der Waals surface area (Å²) in [7, 11) is 3.00. The monoisotopic (exact) mass is 262 g/mol. The van der Waals surface area contributed by atoms with Crippen molar-refractivity contribution in [3.05, 3.63) is 24.3 Å². The fourth-order valence-electron chi connectivity index (χ4n) is 2.69. The highest BCUT2D eigenvalue weighted by molar-refractivity contribution is 5.89. The Morgan fingerprint density at radius 3 is 2.89 bits per heavy atom. The summed E-state index contributed by atoms with van der Waals surface area (Å²) in [6.07, 6.45) is 5.40. The van der Waals surface area contributed by atoms with E-state index in [2.05, 4.69) is 16.7 Å². The molecule has 0 N–H and O–H groups in total. The number of aromatic nitrogens is 3. The predicted molar refractivity (Wildman–Crippen MR) is 68.4 cm³/mol. The molecule has 1 aromatic rings. The van der Waals surface area contributed by atoms with Crippen molar-refractivity contribution < 1.29 is 9.63 Å². The fraction of sp³-hybridized carbons (Fsp3) is 0.615. The van der Waals surface area contributed by atoms with Crippen LogP contribution < -0.4 is 0 Å². The van der Waals surface area contributed by atoms with Gasteiger partial charge in [-0.15, -0.1) is 11.7 Å². The standard InChI is InChI=1S/C13H18N4O2/c1-4-8-7-10(9-5-6-9)17-12(8)14-11(15-17)13(18)16(2)19-3/h4,8-10H,1,5-7H2,2-3H3/t8-,10-/m0/s1. The summed E-state index contributed by atoms with van der Waals surface area (Å²) in [5.74, 6) is 1.64. The molecule has 1 aliphatic heterocycles. The van der Waals surface area contributed by atoms with Gasteiger partial charge in [0.2, 0.25) is 5.82 Å². The molecule has 1 amide bonds. The van der Waals surface area contributed by atoms with Gasteiger partial charge in [-0.05, 0) is 25.2 Å². The average Bonchev–Trinajstić information content (AvgIpc) is 3.07. The molecule has 1 aliphatic carbocycles. The Morgan fingerprint density at radius 1 is 1.58 bits per heavy atom. The van der Waals surface area contributed by atoms with E-state index >= 15 is 0 Å². The molecule has 1 aromatic heterocycles. The van der Waals surface area contributed by atoms with Crippen LogP contribution in [-0.2, 0) is 4.84 Å². The van der Waals surface area contributed by atoms with Crippen molar-refractivity contribution in [1.29, 1.82) is 0 Å². The number of fused-ring (bicyclic) bond motifs is 1. The summed E-state index contributed by atoms with van der Waals surface area (Å²) in [4.78, 5) is 21.3. The molecule has 0 bridgehead atoms. The number of rotatable bonds is 4. The number of hydrogen-bond acceptors (Lipinski definition) is 4. The van der Waals surface area contributed by atoms with Crippen molar-refractivity contribution in [2.45, 2.75) is 31.2 Å². The first-order valence-electron chi connectivity index (χ1n) is 6.56. The molecule has 0 aromatic carbocycles. The van der Waals surface area contributed by atoms with Crippen LogP contribution in [0.25, 0.3) is 0 Å². The molecular weight excluding hydrogens is 244 g/mol. The molecule has 2 heterocycles. The predicted octanol–water partition coefficient (Wildman–Crippen LogP) is 1.54. The van der Waals surface area contributed by atoms with Gasteiger partial charge in [0, 0.05) is 13.0 Å². The first kappa shape index (κ1) is 12.3. The highest BCUT2D eigenvalue weighted by atomic mass is 16.7. The van der Waals surface area contributed by atoms with E-state index in [1.54, 1.807) is 7.05 Å². The van der Waals surface area contributed by atoms with E-state index in [0.29, 0.717) is 12.0 Å². The number of nitrogens with zero attached hydrogens (tertiary/aromatic N) is 4. The van der Waals surface area contributed by atoms with Crippen molar-refractivity contribution in [3.63, 3.8) is 0 Å². The van der Waals surface area contributed by atoms with E-state index in [0.717, 1.165) is 17.3 Å². The van der Waals surface area contributed by atoms with E-state index in [4.69, 9.17) is 4.84 Å². The molecule has 0 radical (unpaired) electrons. The first-order chi connectivity index (χ1) is 9.15. The van der Waals surface area contributed by atoms with Gasteiger partial charge in [-0.1, -0.05) is 6.08 Å². The second kappa shape index (κ2) is 4.45. The van der Waals surface area contributed by atoms with E-state index in [1.807, 2.05) is 10.8 Å². The second-order valence-corrected chi connectivity index (χ2v) is 5.21. The lowest BCUT2D eigenvalue weighted by Gasteiger charge is -2.12. The van der Waals surface area contributed by atoms with Crippen molar-refractivity contribution in [2.24, 2.45) is 5.92 Å². The maximum Gasteiger partial charge on any atom is 0.316 e. The quantitative estimate of drug-likeness (QED) is 0.610. The van der Waals surface area contributed by atoms with Crippen LogP contribution in [0.15, 0.2) is 12.7 Å². The summed E-state index contributed by atoms with van der Waals surface area (Å²) in [6.45, 7) is 3.86. The van der Waals surface area contributed by atoms with E-state index < -0.39 is 0 Å². The van der Waals surface area contributed by atoms with Gasteiger partial charge in [-0.3, -0.25) is 9.63 Å². The van der Waals surface area contributed by atoms with Crippen LogP contribution in [-0.4, -0.2) is 39.9 Å². The molecule has 1 fully saturated rings. The molecule has 2 aliphatic rings. The number of carbonyl (C=O) groups is 1. The van der Waals surface area contributed by atoms with Gasteiger partial charge in [-0.25, -0.2) is 14.7 Å². The van der Waals surface area contributed by atoms with Crippen LogP contribution in [0, 0.1) is 5.92 Å². The zero-order valence-corrected chi connectivity index (χ0v) is 11.2. The third kappa shape index (κ3) is 1.96. The van der Waals surface area contributed by atoms with Crippen LogP contribution in [0.5, 0.6) is 0 Å². The van der Waals surface area contributed by atoms with Crippen molar-refractivity contribution >= 4 is 5.91 Å². The zero-order valence-electron chi connectivity index (χ0n) is 11.2. The maximum atomic E-state index is 12.0. The number of amides is 1. The maximum absolute atomic E-state index is 12.0. The molecule has 19 heavy (non-hydrogen) atoms. The largest absolute Gasteiger partial charge is 0.316 e. The molecular formula is C13H18N4O2. The van der Waals surface area contributed by atoms with E-state index in [-0.39, 0.29) is 17.6 Å². The number of hydrogen-bond donors (Lipinski definition) is 0. The molecule has 0 unspecified atom stereocenters. The van der Waals surface area contributed by atoms with Crippen molar-refractivity contribution in [3.8, 4) is 0 Å². The summed E-state index contributed by atoms with van der Waals surface area (Å²) in [6, 6.07) is 0.375. The second-order valence-electron chi connectivity index (χ2n) is 5.21. The highest BCUT2D eigenvalue weighted by Gasteiger charge is 2.42. The Kier molecular flexibility index (Phi) is 2.89. The summed E-state index contributed by atoms with van der Waals surface area (Å²) in [5, 5.41) is 5.53. The Labute approximate surface area is 112 Å². The van der Waals surface area contributed by atoms with E-state index in [1.165, 1.54) is 20.0 Å². The van der Waals surface area contributed by atoms with E-state index in [9.17, 15) is 4.79 Å². The normalized spacial score (nSPS) is 25.2. The Bertz CT molecular complexity index is 521. The van der Waals surface area contributed by atoms with Gasteiger partial charge < -0.3 is 0 Å². The first-order valence-corrected chi connectivity index (χ1v) is 6.56. The number of carbonyl (C=O) groups excluding carboxylic acids is 1. The minimum atomic E-state index is -0.318. The Morgan fingerprint density at radius 2 is 2.32 bits per heavy atom. The minimum Gasteiger partial charge on any atom is -0.274 e. The fourth-order valence-corrected chi connectivity index (χ4v) is 2.69. The molecule has 3 rings (SSSR count). The average molecular weight is 262 g/mol. The highest BCUT2D eigenvalue weighted by Crippen LogP contribution is 2.48. The summed E-state index contributed by atoms with van der Waals surface area (Å²) < 4.78 is 1.93. The van der Waals surface area contributed by atoms with Gasteiger partial charge >= 0.3 is 5.91 Å². The third-order valence-electron chi connectivity index (χ3n) is 4.00. The Balaban J connectivity index is 1.93. The molecule has 1 saturated carbocycles. The summed E-state index contributed by atoms with van der Waals surface area (Å²) >= 11 is 0. The third-order valence-corrected chi connectivity index (χ3v) is 4.00. The van der Waals surface area contributed by atoms with Crippen LogP contribution in [0.2, 0.25) is 0 Å². The minimum absolute atomic E-state index is 0.201. The summed E-state index contributed by atoms with van der Waals surface area (Å²) in [5.41, 5.74) is 0. The SMILES string of the molecule is C=C[C@H]1C[C@@H](C2CC2)n2nc(C(=O)N(C)OC)nc21. The number of hydroxylamine groups is 2. The molecule has 0 saturated heterocycles. The topological polar surface area (TPSA) is 60.2 Å². The molecule has 2 atom stereocenters. The van der Waals surface area contributed by atoms with Gasteiger partial charge in [0.25, 0.3) is 0 Å². The van der Waals surface area contributed by atoms with Gasteiger partial charge in [0.05, 0.1) is 13.2 Å². The van der Waals surface area contributed by atoms with Crippen LogP contribution in [0.3, 0.4) is 0 Å². The van der Waals surface area contributed by atoms with Crippen LogP contribution >= 0.6 is 0 Å². The molecule has 6 nitrogen and oxygen atoms in total. The van der Waals surface area contributed by atoms with Crippen molar-refractivity contribution in [1.82, 2.24) is 19.8 Å². The van der Waals surface area contributed by atoms with Gasteiger partial charge in [0.1, 0.15) is 5.82 Å². The molecule has 6 heteroatoms.